The van der Waals surface area contributed by atoms with E-state index in [-0.39, 0.29) is 0 Å². The first kappa shape index (κ1) is 13.9. The number of rotatable bonds is 2. The number of imidazole rings is 1. The Morgan fingerprint density at radius 1 is 1.40 bits per heavy atom. The van der Waals surface area contributed by atoms with Crippen molar-refractivity contribution in [2.24, 2.45) is 5.92 Å². The number of para-hydroxylation sites is 1. The highest BCUT2D eigenvalue weighted by Crippen LogP contribution is 2.33. The van der Waals surface area contributed by atoms with Gasteiger partial charge in [-0.15, -0.1) is 0 Å². The van der Waals surface area contributed by atoms with Crippen LogP contribution in [0.2, 0.25) is 5.02 Å². The predicted octanol–water partition coefficient (Wildman–Crippen LogP) is 4.33. The first-order chi connectivity index (χ1) is 9.58. The van der Waals surface area contributed by atoms with E-state index in [1.807, 2.05) is 12.1 Å². The minimum absolute atomic E-state index is 0.338. The molecule has 1 aliphatic heterocycles. The molecule has 1 aromatic carbocycles. The zero-order valence-corrected chi connectivity index (χ0v) is 13.1. The van der Waals surface area contributed by atoms with Gasteiger partial charge in [0.25, 0.3) is 0 Å². The van der Waals surface area contributed by atoms with Gasteiger partial charge in [-0.3, -0.25) is 0 Å². The lowest BCUT2D eigenvalue weighted by atomic mass is 9.94. The Morgan fingerprint density at radius 2 is 2.20 bits per heavy atom. The summed E-state index contributed by atoms with van der Waals surface area (Å²) < 4.78 is 2.30. The van der Waals surface area contributed by atoms with E-state index in [4.69, 9.17) is 16.6 Å². The van der Waals surface area contributed by atoms with Crippen LogP contribution in [0, 0.1) is 5.92 Å². The molecule has 2 atom stereocenters. The molecule has 108 valence electrons. The smallest absolute Gasteiger partial charge is 0.127 e. The number of benzene rings is 1. The van der Waals surface area contributed by atoms with Gasteiger partial charge in [0.1, 0.15) is 5.82 Å². The van der Waals surface area contributed by atoms with Gasteiger partial charge in [-0.25, -0.2) is 4.98 Å². The van der Waals surface area contributed by atoms with E-state index in [0.29, 0.717) is 12.1 Å². The molecule has 2 aromatic rings. The molecule has 1 saturated heterocycles. The lowest BCUT2D eigenvalue weighted by Crippen LogP contribution is -2.33. The number of piperidine rings is 1. The number of fused-ring (bicyclic) bond motifs is 1. The summed E-state index contributed by atoms with van der Waals surface area (Å²) in [5, 5.41) is 4.41. The van der Waals surface area contributed by atoms with E-state index >= 15 is 0 Å². The lowest BCUT2D eigenvalue weighted by molar-refractivity contribution is 0.307. The maximum atomic E-state index is 6.41. The molecule has 2 heterocycles. The van der Waals surface area contributed by atoms with Crippen LogP contribution in [0.15, 0.2) is 18.2 Å². The summed E-state index contributed by atoms with van der Waals surface area (Å²) in [7, 11) is 0. The molecule has 4 heteroatoms. The largest absolute Gasteiger partial charge is 0.323 e. The Bertz CT molecular complexity index is 617. The van der Waals surface area contributed by atoms with Gasteiger partial charge in [-0.05, 0) is 51.3 Å². The third kappa shape index (κ3) is 2.33. The Kier molecular flexibility index (Phi) is 3.74. The van der Waals surface area contributed by atoms with E-state index in [0.717, 1.165) is 40.8 Å². The van der Waals surface area contributed by atoms with Crippen molar-refractivity contribution in [3.63, 3.8) is 0 Å². The van der Waals surface area contributed by atoms with Crippen molar-refractivity contribution in [3.8, 4) is 0 Å². The molecule has 0 radical (unpaired) electrons. The Morgan fingerprint density at radius 3 is 2.90 bits per heavy atom. The zero-order valence-electron chi connectivity index (χ0n) is 12.4. The van der Waals surface area contributed by atoms with Gasteiger partial charge in [0.05, 0.1) is 22.1 Å². The number of nitrogens with zero attached hydrogens (tertiary/aromatic N) is 2. The van der Waals surface area contributed by atoms with Crippen molar-refractivity contribution in [1.29, 1.82) is 0 Å². The third-order valence-corrected chi connectivity index (χ3v) is 4.49. The standard InChI is InChI=1S/C16H22ClN3/c1-10(2)20-15-12(17)5-4-6-13(15)19-16(20)14-9-11(3)7-8-18-14/h4-6,10-11,14,18H,7-9H2,1-3H3. The second-order valence-electron chi connectivity index (χ2n) is 6.18. The normalized spacial score (nSPS) is 23.6. The summed E-state index contributed by atoms with van der Waals surface area (Å²) in [6, 6.07) is 6.67. The van der Waals surface area contributed by atoms with Crippen molar-refractivity contribution in [1.82, 2.24) is 14.9 Å². The van der Waals surface area contributed by atoms with Gasteiger partial charge in [-0.1, -0.05) is 24.6 Å². The lowest BCUT2D eigenvalue weighted by Gasteiger charge is -2.29. The number of hydrogen-bond acceptors (Lipinski definition) is 2. The van der Waals surface area contributed by atoms with Crippen molar-refractivity contribution in [2.45, 2.75) is 45.7 Å². The van der Waals surface area contributed by atoms with Crippen LogP contribution in [0.1, 0.15) is 51.5 Å². The molecule has 1 N–H and O–H groups in total. The van der Waals surface area contributed by atoms with Crippen molar-refractivity contribution in [2.75, 3.05) is 6.54 Å². The Labute approximate surface area is 125 Å². The molecule has 0 spiro atoms. The first-order valence-electron chi connectivity index (χ1n) is 7.47. The monoisotopic (exact) mass is 291 g/mol. The quantitative estimate of drug-likeness (QED) is 0.892. The molecule has 2 unspecified atom stereocenters. The third-order valence-electron chi connectivity index (χ3n) is 4.18. The number of halogens is 1. The Hall–Kier alpha value is -1.06. The van der Waals surface area contributed by atoms with Crippen LogP contribution in [0.25, 0.3) is 11.0 Å². The maximum Gasteiger partial charge on any atom is 0.127 e. The fourth-order valence-corrected chi connectivity index (χ4v) is 3.46. The molecule has 0 aliphatic carbocycles. The molecule has 3 nitrogen and oxygen atoms in total. The summed E-state index contributed by atoms with van der Waals surface area (Å²) in [6.45, 7) is 7.78. The topological polar surface area (TPSA) is 29.9 Å². The molecule has 20 heavy (non-hydrogen) atoms. The first-order valence-corrected chi connectivity index (χ1v) is 7.85. The van der Waals surface area contributed by atoms with Crippen LogP contribution in [0.5, 0.6) is 0 Å². The maximum absolute atomic E-state index is 6.41. The zero-order chi connectivity index (χ0) is 14.3. The summed E-state index contributed by atoms with van der Waals surface area (Å²) >= 11 is 6.41. The second kappa shape index (κ2) is 5.38. The molecule has 1 aliphatic rings. The molecule has 3 rings (SSSR count). The van der Waals surface area contributed by atoms with Crippen molar-refractivity contribution < 1.29 is 0 Å². The van der Waals surface area contributed by atoms with Gasteiger partial charge in [0.2, 0.25) is 0 Å². The summed E-state index contributed by atoms with van der Waals surface area (Å²) in [4.78, 5) is 4.87. The fraction of sp³-hybridized carbons (Fsp3) is 0.562. The van der Waals surface area contributed by atoms with Gasteiger partial charge >= 0.3 is 0 Å². The highest BCUT2D eigenvalue weighted by Gasteiger charge is 2.26. The van der Waals surface area contributed by atoms with E-state index < -0.39 is 0 Å². The van der Waals surface area contributed by atoms with Crippen LogP contribution in [0.4, 0.5) is 0 Å². The summed E-state index contributed by atoms with van der Waals surface area (Å²) in [5.41, 5.74) is 2.07. The van der Waals surface area contributed by atoms with E-state index in [1.54, 1.807) is 0 Å². The minimum atomic E-state index is 0.338. The molecular weight excluding hydrogens is 270 g/mol. The molecule has 1 aromatic heterocycles. The highest BCUT2D eigenvalue weighted by molar-refractivity contribution is 6.35. The number of hydrogen-bond donors (Lipinski definition) is 1. The fourth-order valence-electron chi connectivity index (χ4n) is 3.20. The van der Waals surface area contributed by atoms with Crippen molar-refractivity contribution >= 4 is 22.6 Å². The summed E-state index contributed by atoms with van der Waals surface area (Å²) in [5.74, 6) is 1.88. The molecule has 0 amide bonds. The van der Waals surface area contributed by atoms with Gasteiger partial charge in [0, 0.05) is 6.04 Å². The molecule has 0 saturated carbocycles. The van der Waals surface area contributed by atoms with Crippen LogP contribution in [-0.4, -0.2) is 16.1 Å². The second-order valence-corrected chi connectivity index (χ2v) is 6.58. The summed E-state index contributed by atoms with van der Waals surface area (Å²) in [6.07, 6.45) is 2.40. The van der Waals surface area contributed by atoms with Gasteiger partial charge in [0.15, 0.2) is 0 Å². The van der Waals surface area contributed by atoms with E-state index in [1.165, 1.54) is 6.42 Å². The average Bonchev–Trinajstić information content (AvgIpc) is 2.79. The number of nitrogens with one attached hydrogen (secondary N) is 1. The Balaban J connectivity index is 2.14. The average molecular weight is 292 g/mol. The van der Waals surface area contributed by atoms with Crippen LogP contribution >= 0.6 is 11.6 Å². The van der Waals surface area contributed by atoms with Gasteiger partial charge in [-0.2, -0.15) is 0 Å². The molecular formula is C16H22ClN3. The van der Waals surface area contributed by atoms with Gasteiger partial charge < -0.3 is 9.88 Å². The molecule has 0 bridgehead atoms. The highest BCUT2D eigenvalue weighted by atomic mass is 35.5. The molecule has 1 fully saturated rings. The van der Waals surface area contributed by atoms with E-state index in [2.05, 4.69) is 36.7 Å². The van der Waals surface area contributed by atoms with Crippen molar-refractivity contribution in [3.05, 3.63) is 29.0 Å². The minimum Gasteiger partial charge on any atom is -0.323 e. The van der Waals surface area contributed by atoms with Crippen LogP contribution in [-0.2, 0) is 0 Å². The number of aromatic nitrogens is 2. The predicted molar refractivity (Wildman–Crippen MR) is 84.3 cm³/mol. The van der Waals surface area contributed by atoms with E-state index in [9.17, 15) is 0 Å². The van der Waals surface area contributed by atoms with Crippen LogP contribution in [0.3, 0.4) is 0 Å². The van der Waals surface area contributed by atoms with Crippen LogP contribution < -0.4 is 5.32 Å². The SMILES string of the molecule is CC1CCNC(c2nc3cccc(Cl)c3n2C(C)C)C1.